The van der Waals surface area contributed by atoms with Crippen LogP contribution in [-0.2, 0) is 20.3 Å². The van der Waals surface area contributed by atoms with E-state index in [1.54, 1.807) is 37.3 Å². The average Bonchev–Trinajstić information content (AvgIpc) is 3.47. The van der Waals surface area contributed by atoms with E-state index in [1.165, 1.54) is 24.5 Å². The van der Waals surface area contributed by atoms with Gasteiger partial charge in [0.2, 0.25) is 0 Å². The molecule has 0 aliphatic rings. The van der Waals surface area contributed by atoms with Crippen LogP contribution in [0.4, 0.5) is 5.13 Å². The van der Waals surface area contributed by atoms with E-state index in [9.17, 15) is 18.0 Å². The molecule has 8 nitrogen and oxygen atoms in total. The van der Waals surface area contributed by atoms with Crippen LogP contribution in [0.25, 0.3) is 11.3 Å². The number of rotatable bonds is 8. The average molecular weight is 497 g/mol. The smallest absolute Gasteiger partial charge is 0.350 e. The van der Waals surface area contributed by atoms with Crippen LogP contribution in [0.1, 0.15) is 32.7 Å². The van der Waals surface area contributed by atoms with Gasteiger partial charge in [-0.15, -0.1) is 0 Å². The van der Waals surface area contributed by atoms with Gasteiger partial charge in [0.25, 0.3) is 5.91 Å². The third-order valence-electron chi connectivity index (χ3n) is 4.76. The van der Waals surface area contributed by atoms with Gasteiger partial charge in [0.15, 0.2) is 20.7 Å². The van der Waals surface area contributed by atoms with Gasteiger partial charge in [0.1, 0.15) is 4.88 Å². The molecule has 1 N–H and O–H groups in total. The number of hydrogen-bond donors (Lipinski definition) is 1. The molecule has 0 bridgehead atoms. The van der Waals surface area contributed by atoms with Crippen molar-refractivity contribution >= 4 is 38.2 Å². The van der Waals surface area contributed by atoms with Gasteiger partial charge in [-0.05, 0) is 25.1 Å². The first-order chi connectivity index (χ1) is 16.4. The van der Waals surface area contributed by atoms with E-state index >= 15 is 0 Å². The molecule has 0 atom stereocenters. The Bertz CT molecular complexity index is 1410. The summed E-state index contributed by atoms with van der Waals surface area (Å²) in [6, 6.07) is 18.4. The number of aromatic nitrogens is 1. The second kappa shape index (κ2) is 10.0. The van der Waals surface area contributed by atoms with E-state index < -0.39 is 27.5 Å². The predicted molar refractivity (Wildman–Crippen MR) is 127 cm³/mol. The Morgan fingerprint density at radius 2 is 1.71 bits per heavy atom. The number of thiazole rings is 1. The SMILES string of the molecule is CCOC(=O)c1sc(NC(=O)c2occc2CS(=O)(=O)c2ccccc2)nc1-c1ccccc1. The van der Waals surface area contributed by atoms with Gasteiger partial charge in [-0.2, -0.15) is 0 Å². The van der Waals surface area contributed by atoms with Crippen LogP contribution in [0.2, 0.25) is 0 Å². The van der Waals surface area contributed by atoms with Gasteiger partial charge in [0.05, 0.1) is 29.2 Å². The van der Waals surface area contributed by atoms with Gasteiger partial charge >= 0.3 is 5.97 Å². The Kier molecular flexibility index (Phi) is 6.90. The number of anilines is 1. The molecule has 0 fully saturated rings. The maximum atomic E-state index is 12.9. The number of sulfone groups is 1. The Morgan fingerprint density at radius 1 is 1.03 bits per heavy atom. The molecule has 0 unspecified atom stereocenters. The zero-order chi connectivity index (χ0) is 24.1. The number of furan rings is 1. The van der Waals surface area contributed by atoms with Crippen molar-refractivity contribution in [3.8, 4) is 11.3 Å². The summed E-state index contributed by atoms with van der Waals surface area (Å²) in [6.45, 7) is 1.89. The Labute approximate surface area is 200 Å². The second-order valence-corrected chi connectivity index (χ2v) is 10.1. The molecule has 0 radical (unpaired) electrons. The summed E-state index contributed by atoms with van der Waals surface area (Å²) in [7, 11) is -3.68. The molecule has 34 heavy (non-hydrogen) atoms. The first kappa shape index (κ1) is 23.4. The molecule has 174 valence electrons. The molecular weight excluding hydrogens is 476 g/mol. The Balaban J connectivity index is 1.60. The highest BCUT2D eigenvalue weighted by atomic mass is 32.2. The quantitative estimate of drug-likeness (QED) is 0.348. The van der Waals surface area contributed by atoms with Crippen LogP contribution in [-0.4, -0.2) is 31.9 Å². The lowest BCUT2D eigenvalue weighted by Crippen LogP contribution is -2.14. The molecule has 2 aromatic heterocycles. The number of hydrogen-bond acceptors (Lipinski definition) is 8. The minimum Gasteiger partial charge on any atom is -0.462 e. The standard InChI is InChI=1S/C24H20N2O6S2/c1-2-31-23(28)21-19(16-9-5-3-6-10-16)25-24(33-21)26-22(27)20-17(13-14-32-20)15-34(29,30)18-11-7-4-8-12-18/h3-14H,2,15H2,1H3,(H,25,26,27). The predicted octanol–water partition coefficient (Wildman–Crippen LogP) is 4.81. The number of esters is 1. The number of benzene rings is 2. The maximum Gasteiger partial charge on any atom is 0.350 e. The van der Waals surface area contributed by atoms with E-state index in [0.29, 0.717) is 11.3 Å². The van der Waals surface area contributed by atoms with Gasteiger partial charge in [-0.25, -0.2) is 18.2 Å². The van der Waals surface area contributed by atoms with E-state index in [0.717, 1.165) is 11.3 Å². The molecule has 2 heterocycles. The van der Waals surface area contributed by atoms with Gasteiger partial charge in [-0.1, -0.05) is 59.9 Å². The molecule has 0 aliphatic heterocycles. The summed E-state index contributed by atoms with van der Waals surface area (Å²) in [5, 5.41) is 2.76. The highest BCUT2D eigenvalue weighted by Gasteiger charge is 2.25. The lowest BCUT2D eigenvalue weighted by atomic mass is 10.1. The lowest BCUT2D eigenvalue weighted by Gasteiger charge is -2.05. The molecule has 0 saturated carbocycles. The Morgan fingerprint density at radius 3 is 2.38 bits per heavy atom. The molecule has 0 aliphatic carbocycles. The summed E-state index contributed by atoms with van der Waals surface area (Å²) in [6.07, 6.45) is 1.26. The number of nitrogens with zero attached hydrogens (tertiary/aromatic N) is 1. The maximum absolute atomic E-state index is 12.9. The van der Waals surface area contributed by atoms with Crippen LogP contribution < -0.4 is 5.32 Å². The van der Waals surface area contributed by atoms with Crippen molar-refractivity contribution in [1.82, 2.24) is 4.98 Å². The van der Waals surface area contributed by atoms with Crippen LogP contribution in [0, 0.1) is 0 Å². The van der Waals surface area contributed by atoms with Crippen molar-refractivity contribution in [2.24, 2.45) is 0 Å². The number of ether oxygens (including phenoxy) is 1. The number of carbonyl (C=O) groups excluding carboxylic acids is 2. The van der Waals surface area contributed by atoms with E-state index in [4.69, 9.17) is 9.15 Å². The molecule has 0 saturated heterocycles. The van der Waals surface area contributed by atoms with Crippen molar-refractivity contribution in [1.29, 1.82) is 0 Å². The highest BCUT2D eigenvalue weighted by molar-refractivity contribution is 7.90. The normalized spacial score (nSPS) is 11.2. The topological polar surface area (TPSA) is 116 Å². The lowest BCUT2D eigenvalue weighted by molar-refractivity contribution is 0.0532. The van der Waals surface area contributed by atoms with Gasteiger partial charge in [0, 0.05) is 11.1 Å². The Hall–Kier alpha value is -3.76. The zero-order valence-electron chi connectivity index (χ0n) is 18.1. The molecule has 4 aromatic rings. The minimum absolute atomic E-state index is 0.145. The van der Waals surface area contributed by atoms with Crippen molar-refractivity contribution in [2.45, 2.75) is 17.6 Å². The van der Waals surface area contributed by atoms with Crippen molar-refractivity contribution in [3.63, 3.8) is 0 Å². The fourth-order valence-corrected chi connectivity index (χ4v) is 5.47. The number of amides is 1. The van der Waals surface area contributed by atoms with Crippen LogP contribution in [0.3, 0.4) is 0 Å². The number of nitrogens with one attached hydrogen (secondary N) is 1. The molecular formula is C24H20N2O6S2. The summed E-state index contributed by atoms with van der Waals surface area (Å²) >= 11 is 0.966. The molecule has 2 aromatic carbocycles. The monoisotopic (exact) mass is 496 g/mol. The summed E-state index contributed by atoms with van der Waals surface area (Å²) in [4.78, 5) is 30.2. The van der Waals surface area contributed by atoms with Crippen LogP contribution in [0.15, 0.2) is 82.3 Å². The first-order valence-electron chi connectivity index (χ1n) is 10.3. The second-order valence-electron chi connectivity index (χ2n) is 7.08. The fraction of sp³-hybridized carbons (Fsp3) is 0.125. The van der Waals surface area contributed by atoms with E-state index in [-0.39, 0.29) is 32.8 Å². The van der Waals surface area contributed by atoms with Crippen molar-refractivity contribution < 1.29 is 27.2 Å². The van der Waals surface area contributed by atoms with Crippen LogP contribution >= 0.6 is 11.3 Å². The number of carbonyl (C=O) groups is 2. The largest absolute Gasteiger partial charge is 0.462 e. The molecule has 1 amide bonds. The highest BCUT2D eigenvalue weighted by Crippen LogP contribution is 2.32. The fourth-order valence-electron chi connectivity index (χ4n) is 3.22. The summed E-state index contributed by atoms with van der Waals surface area (Å²) < 4.78 is 35.9. The molecule has 4 rings (SSSR count). The van der Waals surface area contributed by atoms with E-state index in [1.807, 2.05) is 18.2 Å². The zero-order valence-corrected chi connectivity index (χ0v) is 19.7. The third-order valence-corrected chi connectivity index (χ3v) is 7.39. The van der Waals surface area contributed by atoms with Crippen molar-refractivity contribution in [2.75, 3.05) is 11.9 Å². The molecule has 0 spiro atoms. The van der Waals surface area contributed by atoms with Gasteiger partial charge in [-0.3, -0.25) is 10.1 Å². The van der Waals surface area contributed by atoms with Crippen LogP contribution in [0.5, 0.6) is 0 Å². The third kappa shape index (κ3) is 5.08. The minimum atomic E-state index is -3.68. The first-order valence-corrected chi connectivity index (χ1v) is 12.7. The summed E-state index contributed by atoms with van der Waals surface area (Å²) in [5.74, 6) is -1.77. The summed E-state index contributed by atoms with van der Waals surface area (Å²) in [5.41, 5.74) is 1.28. The van der Waals surface area contributed by atoms with E-state index in [2.05, 4.69) is 10.3 Å². The molecule has 10 heteroatoms. The van der Waals surface area contributed by atoms with Crippen molar-refractivity contribution in [3.05, 3.63) is 89.2 Å². The van der Waals surface area contributed by atoms with Gasteiger partial charge < -0.3 is 9.15 Å².